The quantitative estimate of drug-likeness (QED) is 0.863. The lowest BCUT2D eigenvalue weighted by molar-refractivity contribution is 0.373. The molecule has 0 aliphatic heterocycles. The van der Waals surface area contributed by atoms with Crippen LogP contribution in [0.15, 0.2) is 22.7 Å². The van der Waals surface area contributed by atoms with Crippen LogP contribution in [0.25, 0.3) is 0 Å². The highest BCUT2D eigenvalue weighted by Crippen LogP contribution is 2.26. The number of nitrogens with one attached hydrogen (secondary N) is 1. The van der Waals surface area contributed by atoms with E-state index in [2.05, 4.69) is 21.2 Å². The normalized spacial score (nSPS) is 12.9. The molecule has 0 aliphatic rings. The molecular formula is C10H13BrFN. The van der Waals surface area contributed by atoms with Crippen LogP contribution in [0, 0.1) is 0 Å². The van der Waals surface area contributed by atoms with Crippen molar-refractivity contribution in [2.24, 2.45) is 0 Å². The van der Waals surface area contributed by atoms with Crippen LogP contribution in [0.1, 0.15) is 24.2 Å². The fourth-order valence-electron chi connectivity index (χ4n) is 1.21. The summed E-state index contributed by atoms with van der Waals surface area (Å²) in [5.41, 5.74) is 1.86. The summed E-state index contributed by atoms with van der Waals surface area (Å²) >= 11 is 3.35. The molecule has 72 valence electrons. The number of rotatable bonds is 3. The topological polar surface area (TPSA) is 12.0 Å². The number of halogens is 2. The average Bonchev–Trinajstić information content (AvgIpc) is 2.04. The Labute approximate surface area is 86.5 Å². The van der Waals surface area contributed by atoms with Gasteiger partial charge in [-0.15, -0.1) is 0 Å². The Morgan fingerprint density at radius 2 is 2.23 bits per heavy atom. The molecule has 0 heterocycles. The zero-order chi connectivity index (χ0) is 9.84. The van der Waals surface area contributed by atoms with Gasteiger partial charge in [0.05, 0.1) is 0 Å². The minimum absolute atomic E-state index is 0.708. The van der Waals surface area contributed by atoms with Crippen molar-refractivity contribution in [1.29, 1.82) is 0 Å². The van der Waals surface area contributed by atoms with Crippen molar-refractivity contribution in [2.75, 3.05) is 7.05 Å². The van der Waals surface area contributed by atoms with Gasteiger partial charge in [-0.3, -0.25) is 0 Å². The summed E-state index contributed by atoms with van der Waals surface area (Å²) < 4.78 is 13.8. The molecule has 0 saturated carbocycles. The van der Waals surface area contributed by atoms with Gasteiger partial charge < -0.3 is 5.32 Å². The van der Waals surface area contributed by atoms with Crippen LogP contribution in [0.5, 0.6) is 0 Å². The molecule has 0 radical (unpaired) electrons. The molecule has 0 aliphatic carbocycles. The first-order valence-corrected chi connectivity index (χ1v) is 5.01. The molecule has 0 saturated heterocycles. The summed E-state index contributed by atoms with van der Waals surface area (Å²) in [4.78, 5) is 0. The van der Waals surface area contributed by atoms with Crippen LogP contribution < -0.4 is 5.32 Å². The van der Waals surface area contributed by atoms with Crippen molar-refractivity contribution in [2.45, 2.75) is 19.6 Å². The Kier molecular flexibility index (Phi) is 3.88. The van der Waals surface area contributed by atoms with Crippen LogP contribution in [0.4, 0.5) is 4.39 Å². The molecule has 1 aromatic rings. The molecule has 0 fully saturated rings. The standard InChI is InChI=1S/C10H13BrFN/c1-7(12)9-4-3-8(6-13-2)5-10(9)11/h3-5,7,13H,6H2,1-2H3. The number of benzene rings is 1. The number of alkyl halides is 1. The van der Waals surface area contributed by atoms with Crippen molar-refractivity contribution in [3.05, 3.63) is 33.8 Å². The third-order valence-electron chi connectivity index (χ3n) is 1.87. The van der Waals surface area contributed by atoms with Gasteiger partial charge in [0.1, 0.15) is 6.17 Å². The minimum Gasteiger partial charge on any atom is -0.316 e. The average molecular weight is 246 g/mol. The number of hydrogen-bond donors (Lipinski definition) is 1. The van der Waals surface area contributed by atoms with Gasteiger partial charge in [0, 0.05) is 11.0 Å². The molecule has 0 amide bonds. The second-order valence-electron chi connectivity index (χ2n) is 3.00. The maximum Gasteiger partial charge on any atom is 0.123 e. The van der Waals surface area contributed by atoms with Crippen molar-refractivity contribution in [3.8, 4) is 0 Å². The fraction of sp³-hybridized carbons (Fsp3) is 0.400. The molecule has 1 atom stereocenters. The van der Waals surface area contributed by atoms with E-state index in [-0.39, 0.29) is 0 Å². The molecule has 0 aromatic heterocycles. The van der Waals surface area contributed by atoms with Crippen LogP contribution in [0.3, 0.4) is 0 Å². The smallest absolute Gasteiger partial charge is 0.123 e. The van der Waals surface area contributed by atoms with Crippen LogP contribution in [-0.4, -0.2) is 7.05 Å². The van der Waals surface area contributed by atoms with E-state index in [1.165, 1.54) is 6.92 Å². The first-order valence-electron chi connectivity index (χ1n) is 4.22. The van der Waals surface area contributed by atoms with E-state index >= 15 is 0 Å². The van der Waals surface area contributed by atoms with Gasteiger partial charge in [0.15, 0.2) is 0 Å². The Morgan fingerprint density at radius 3 is 2.69 bits per heavy atom. The van der Waals surface area contributed by atoms with E-state index in [0.29, 0.717) is 5.56 Å². The summed E-state index contributed by atoms with van der Waals surface area (Å²) in [6.45, 7) is 2.34. The van der Waals surface area contributed by atoms with Gasteiger partial charge in [-0.1, -0.05) is 28.1 Å². The lowest BCUT2D eigenvalue weighted by Crippen LogP contribution is -2.05. The summed E-state index contributed by atoms with van der Waals surface area (Å²) in [6.07, 6.45) is -0.919. The number of hydrogen-bond acceptors (Lipinski definition) is 1. The third-order valence-corrected chi connectivity index (χ3v) is 2.56. The molecular weight excluding hydrogens is 233 g/mol. The molecule has 1 unspecified atom stereocenters. The van der Waals surface area contributed by atoms with Crippen LogP contribution in [-0.2, 0) is 6.54 Å². The highest BCUT2D eigenvalue weighted by molar-refractivity contribution is 9.10. The molecule has 13 heavy (non-hydrogen) atoms. The zero-order valence-electron chi connectivity index (χ0n) is 7.77. The van der Waals surface area contributed by atoms with E-state index in [4.69, 9.17) is 0 Å². The lowest BCUT2D eigenvalue weighted by atomic mass is 10.1. The Hall–Kier alpha value is -0.410. The Bertz CT molecular complexity index is 286. The van der Waals surface area contributed by atoms with Crippen LogP contribution >= 0.6 is 15.9 Å². The minimum atomic E-state index is -0.919. The van der Waals surface area contributed by atoms with E-state index < -0.39 is 6.17 Å². The SMILES string of the molecule is CNCc1ccc(C(C)F)c(Br)c1. The monoisotopic (exact) mass is 245 g/mol. The van der Waals surface area contributed by atoms with E-state index in [9.17, 15) is 4.39 Å². The zero-order valence-corrected chi connectivity index (χ0v) is 9.36. The van der Waals surface area contributed by atoms with Gasteiger partial charge >= 0.3 is 0 Å². The van der Waals surface area contributed by atoms with Crippen molar-refractivity contribution >= 4 is 15.9 Å². The summed E-state index contributed by atoms with van der Waals surface area (Å²) in [5, 5.41) is 3.05. The Balaban J connectivity index is 2.92. The predicted octanol–water partition coefficient (Wildman–Crippen LogP) is 3.20. The highest BCUT2D eigenvalue weighted by atomic mass is 79.9. The molecule has 1 rings (SSSR count). The first kappa shape index (κ1) is 10.7. The van der Waals surface area contributed by atoms with Crippen molar-refractivity contribution in [3.63, 3.8) is 0 Å². The molecule has 0 bridgehead atoms. The van der Waals surface area contributed by atoms with E-state index in [1.807, 2.05) is 25.2 Å². The lowest BCUT2D eigenvalue weighted by Gasteiger charge is -2.07. The van der Waals surface area contributed by atoms with E-state index in [1.54, 1.807) is 0 Å². The van der Waals surface area contributed by atoms with E-state index in [0.717, 1.165) is 16.6 Å². The summed E-state index contributed by atoms with van der Waals surface area (Å²) in [6, 6.07) is 5.70. The molecule has 1 N–H and O–H groups in total. The molecule has 1 aromatic carbocycles. The Morgan fingerprint density at radius 1 is 1.54 bits per heavy atom. The first-order chi connectivity index (χ1) is 6.15. The van der Waals surface area contributed by atoms with Gasteiger partial charge in [-0.05, 0) is 31.2 Å². The third kappa shape index (κ3) is 2.78. The largest absolute Gasteiger partial charge is 0.316 e. The molecule has 1 nitrogen and oxygen atoms in total. The highest BCUT2D eigenvalue weighted by Gasteiger charge is 2.07. The van der Waals surface area contributed by atoms with Crippen molar-refractivity contribution < 1.29 is 4.39 Å². The van der Waals surface area contributed by atoms with Crippen molar-refractivity contribution in [1.82, 2.24) is 5.32 Å². The molecule has 3 heteroatoms. The second-order valence-corrected chi connectivity index (χ2v) is 3.86. The second kappa shape index (κ2) is 4.72. The summed E-state index contributed by atoms with van der Waals surface area (Å²) in [7, 11) is 1.89. The maximum absolute atomic E-state index is 13.0. The van der Waals surface area contributed by atoms with Gasteiger partial charge in [0.25, 0.3) is 0 Å². The molecule has 0 spiro atoms. The van der Waals surface area contributed by atoms with Crippen LogP contribution in [0.2, 0.25) is 0 Å². The summed E-state index contributed by atoms with van der Waals surface area (Å²) in [5.74, 6) is 0. The fourth-order valence-corrected chi connectivity index (χ4v) is 1.95. The van der Waals surface area contributed by atoms with Gasteiger partial charge in [-0.2, -0.15) is 0 Å². The van der Waals surface area contributed by atoms with Gasteiger partial charge in [0.2, 0.25) is 0 Å². The maximum atomic E-state index is 13.0. The van der Waals surface area contributed by atoms with Gasteiger partial charge in [-0.25, -0.2) is 4.39 Å². The predicted molar refractivity (Wildman–Crippen MR) is 56.4 cm³/mol.